The number of nitrogens with two attached hydrogens (primary N) is 1. The monoisotopic (exact) mass is 325 g/mol. The van der Waals surface area contributed by atoms with Gasteiger partial charge in [0.05, 0.1) is 17.1 Å². The molecule has 0 radical (unpaired) electrons. The Morgan fingerprint density at radius 2 is 1.78 bits per heavy atom. The lowest BCUT2D eigenvalue weighted by atomic mass is 9.83. The first-order chi connectivity index (χ1) is 10.9. The number of alkyl halides is 2. The summed E-state index contributed by atoms with van der Waals surface area (Å²) in [6.45, 7) is 0. The van der Waals surface area contributed by atoms with Crippen LogP contribution < -0.4 is 5.73 Å². The first-order valence-electron chi connectivity index (χ1n) is 7.31. The number of benzene rings is 1. The average Bonchev–Trinajstić information content (AvgIpc) is 2.51. The van der Waals surface area contributed by atoms with E-state index in [9.17, 15) is 17.6 Å². The maximum atomic E-state index is 13.9. The zero-order valence-corrected chi connectivity index (χ0v) is 12.2. The van der Waals surface area contributed by atoms with Crippen LogP contribution in [0.4, 0.5) is 23.2 Å². The predicted octanol–water partition coefficient (Wildman–Crippen LogP) is 4.30. The molecule has 2 aromatic rings. The van der Waals surface area contributed by atoms with E-state index in [4.69, 9.17) is 5.73 Å². The van der Waals surface area contributed by atoms with Crippen molar-refractivity contribution in [3.63, 3.8) is 0 Å². The van der Waals surface area contributed by atoms with Crippen LogP contribution in [0.5, 0.6) is 0 Å². The molecular weight excluding hydrogens is 310 g/mol. The van der Waals surface area contributed by atoms with Crippen molar-refractivity contribution in [2.45, 2.75) is 37.5 Å². The lowest BCUT2D eigenvalue weighted by Gasteiger charge is -2.28. The fourth-order valence-corrected chi connectivity index (χ4v) is 2.94. The Morgan fingerprint density at radius 1 is 1.09 bits per heavy atom. The van der Waals surface area contributed by atoms with E-state index in [1.807, 2.05) is 0 Å². The average molecular weight is 325 g/mol. The Bertz CT molecular complexity index is 723. The molecule has 0 amide bonds. The summed E-state index contributed by atoms with van der Waals surface area (Å²) in [6.07, 6.45) is 1.24. The molecule has 1 saturated carbocycles. The van der Waals surface area contributed by atoms with E-state index < -0.39 is 17.6 Å². The summed E-state index contributed by atoms with van der Waals surface area (Å²) in [5.41, 5.74) is 6.60. The van der Waals surface area contributed by atoms with Gasteiger partial charge in [0.2, 0.25) is 5.92 Å². The van der Waals surface area contributed by atoms with Gasteiger partial charge >= 0.3 is 0 Å². The highest BCUT2D eigenvalue weighted by molar-refractivity contribution is 5.74. The highest BCUT2D eigenvalue weighted by Gasteiger charge is 2.36. The van der Waals surface area contributed by atoms with E-state index in [-0.39, 0.29) is 48.5 Å². The number of halogens is 4. The standard InChI is InChI=1S/C16H15F4N3/c17-10-1-2-12(18)11(7-10)15-13(21)14(22-8-23-15)9-3-5-16(19,20)6-4-9/h1-2,7-9H,3-6,21H2. The third-order valence-corrected chi connectivity index (χ3v) is 4.20. The maximum absolute atomic E-state index is 13.9. The van der Waals surface area contributed by atoms with Crippen LogP contribution in [0, 0.1) is 11.6 Å². The minimum atomic E-state index is -2.66. The van der Waals surface area contributed by atoms with Crippen LogP contribution in [-0.4, -0.2) is 15.9 Å². The SMILES string of the molecule is Nc1c(-c2cc(F)ccc2F)ncnc1C1CCC(F)(F)CC1. The van der Waals surface area contributed by atoms with Crippen LogP contribution >= 0.6 is 0 Å². The molecule has 122 valence electrons. The fourth-order valence-electron chi connectivity index (χ4n) is 2.94. The molecule has 1 aromatic carbocycles. The third-order valence-electron chi connectivity index (χ3n) is 4.20. The molecule has 7 heteroatoms. The number of hydrogen-bond donors (Lipinski definition) is 1. The summed E-state index contributed by atoms with van der Waals surface area (Å²) < 4.78 is 53.9. The third kappa shape index (κ3) is 3.13. The van der Waals surface area contributed by atoms with E-state index in [0.717, 1.165) is 18.2 Å². The van der Waals surface area contributed by atoms with E-state index >= 15 is 0 Å². The first-order valence-corrected chi connectivity index (χ1v) is 7.31. The molecule has 3 nitrogen and oxygen atoms in total. The Labute approximate surface area is 130 Å². The van der Waals surface area contributed by atoms with Gasteiger partial charge in [-0.05, 0) is 31.0 Å². The van der Waals surface area contributed by atoms with Crippen molar-refractivity contribution in [3.8, 4) is 11.3 Å². The van der Waals surface area contributed by atoms with Crippen molar-refractivity contribution in [1.29, 1.82) is 0 Å². The molecule has 0 spiro atoms. The number of hydrogen-bond acceptors (Lipinski definition) is 3. The Kier molecular flexibility index (Phi) is 3.95. The van der Waals surface area contributed by atoms with E-state index in [0.29, 0.717) is 5.69 Å². The minimum Gasteiger partial charge on any atom is -0.395 e. The van der Waals surface area contributed by atoms with Gasteiger partial charge in [0, 0.05) is 24.3 Å². The summed E-state index contributed by atoms with van der Waals surface area (Å²) >= 11 is 0. The van der Waals surface area contributed by atoms with Crippen LogP contribution in [0.1, 0.15) is 37.3 Å². The molecule has 0 aliphatic heterocycles. The molecule has 1 fully saturated rings. The molecule has 23 heavy (non-hydrogen) atoms. The van der Waals surface area contributed by atoms with Gasteiger partial charge in [0.1, 0.15) is 18.0 Å². The van der Waals surface area contributed by atoms with E-state index in [1.54, 1.807) is 0 Å². The van der Waals surface area contributed by atoms with Crippen molar-refractivity contribution in [2.24, 2.45) is 0 Å². The second-order valence-corrected chi connectivity index (χ2v) is 5.78. The quantitative estimate of drug-likeness (QED) is 0.838. The number of nitrogens with zero attached hydrogens (tertiary/aromatic N) is 2. The molecule has 0 unspecified atom stereocenters. The minimum absolute atomic E-state index is 0.0627. The highest BCUT2D eigenvalue weighted by Crippen LogP contribution is 2.42. The second kappa shape index (κ2) is 5.79. The van der Waals surface area contributed by atoms with Gasteiger partial charge in [-0.15, -0.1) is 0 Å². The molecule has 1 aromatic heterocycles. The zero-order valence-electron chi connectivity index (χ0n) is 12.2. The lowest BCUT2D eigenvalue weighted by Crippen LogP contribution is -2.24. The van der Waals surface area contributed by atoms with Gasteiger partial charge < -0.3 is 5.73 Å². The molecule has 2 N–H and O–H groups in total. The molecule has 1 aliphatic rings. The second-order valence-electron chi connectivity index (χ2n) is 5.78. The summed E-state index contributed by atoms with van der Waals surface area (Å²) in [5.74, 6) is -4.15. The van der Waals surface area contributed by atoms with Crippen molar-refractivity contribution in [3.05, 3.63) is 41.9 Å². The molecule has 1 heterocycles. The van der Waals surface area contributed by atoms with E-state index in [2.05, 4.69) is 9.97 Å². The zero-order chi connectivity index (χ0) is 16.6. The number of anilines is 1. The van der Waals surface area contributed by atoms with Gasteiger partial charge in [-0.25, -0.2) is 27.5 Å². The van der Waals surface area contributed by atoms with Gasteiger partial charge in [0.15, 0.2) is 0 Å². The van der Waals surface area contributed by atoms with Crippen LogP contribution in [0.3, 0.4) is 0 Å². The Hall–Kier alpha value is -2.18. The van der Waals surface area contributed by atoms with Gasteiger partial charge in [-0.3, -0.25) is 0 Å². The van der Waals surface area contributed by atoms with Crippen molar-refractivity contribution in [1.82, 2.24) is 9.97 Å². The molecule has 0 saturated heterocycles. The smallest absolute Gasteiger partial charge is 0.248 e. The number of aromatic nitrogens is 2. The molecule has 0 bridgehead atoms. The van der Waals surface area contributed by atoms with Crippen molar-refractivity contribution in [2.75, 3.05) is 5.73 Å². The highest BCUT2D eigenvalue weighted by atomic mass is 19.3. The molecule has 0 atom stereocenters. The lowest BCUT2D eigenvalue weighted by molar-refractivity contribution is -0.0384. The summed E-state index contributed by atoms with van der Waals surface area (Å²) in [7, 11) is 0. The van der Waals surface area contributed by atoms with Gasteiger partial charge in [-0.2, -0.15) is 0 Å². The van der Waals surface area contributed by atoms with Crippen LogP contribution in [-0.2, 0) is 0 Å². The van der Waals surface area contributed by atoms with Gasteiger partial charge in [0.25, 0.3) is 0 Å². The Morgan fingerprint density at radius 3 is 2.48 bits per heavy atom. The van der Waals surface area contributed by atoms with Crippen LogP contribution in [0.15, 0.2) is 24.5 Å². The summed E-state index contributed by atoms with van der Waals surface area (Å²) in [6, 6.07) is 3.00. The number of nitrogen functional groups attached to an aromatic ring is 1. The van der Waals surface area contributed by atoms with Crippen LogP contribution in [0.25, 0.3) is 11.3 Å². The summed E-state index contributed by atoms with van der Waals surface area (Å²) in [5, 5.41) is 0. The molecule has 1 aliphatic carbocycles. The fraction of sp³-hybridized carbons (Fsp3) is 0.375. The van der Waals surface area contributed by atoms with E-state index in [1.165, 1.54) is 6.33 Å². The van der Waals surface area contributed by atoms with Crippen LogP contribution in [0.2, 0.25) is 0 Å². The summed E-state index contributed by atoms with van der Waals surface area (Å²) in [4.78, 5) is 8.03. The maximum Gasteiger partial charge on any atom is 0.248 e. The van der Waals surface area contributed by atoms with Crippen molar-refractivity contribution < 1.29 is 17.6 Å². The topological polar surface area (TPSA) is 51.8 Å². The predicted molar refractivity (Wildman–Crippen MR) is 78.0 cm³/mol. The molecular formula is C16H15F4N3. The normalized spacial score (nSPS) is 18.1. The largest absolute Gasteiger partial charge is 0.395 e. The van der Waals surface area contributed by atoms with Gasteiger partial charge in [-0.1, -0.05) is 0 Å². The number of rotatable bonds is 2. The molecule has 3 rings (SSSR count). The Balaban J connectivity index is 1.98. The first kappa shape index (κ1) is 15.7. The van der Waals surface area contributed by atoms with Crippen molar-refractivity contribution >= 4 is 5.69 Å².